The van der Waals surface area contributed by atoms with Gasteiger partial charge in [-0.15, -0.1) is 0 Å². The van der Waals surface area contributed by atoms with Crippen LogP contribution >= 0.6 is 0 Å². The van der Waals surface area contributed by atoms with E-state index in [1.165, 1.54) is 6.07 Å². The third-order valence-electron chi connectivity index (χ3n) is 2.88. The SMILES string of the molecule is CN(C)c1cccc(NS(=O)(=O)c2cc(F)ccc2N)c1. The van der Waals surface area contributed by atoms with Gasteiger partial charge < -0.3 is 10.6 Å². The first-order chi connectivity index (χ1) is 9.79. The molecule has 0 heterocycles. The average molecular weight is 309 g/mol. The van der Waals surface area contributed by atoms with Crippen LogP contribution < -0.4 is 15.4 Å². The van der Waals surface area contributed by atoms with Gasteiger partial charge in [-0.05, 0) is 36.4 Å². The molecule has 0 atom stereocenters. The lowest BCUT2D eigenvalue weighted by Gasteiger charge is -2.15. The highest BCUT2D eigenvalue weighted by Crippen LogP contribution is 2.24. The van der Waals surface area contributed by atoms with E-state index in [2.05, 4.69) is 4.72 Å². The number of hydrogen-bond acceptors (Lipinski definition) is 4. The van der Waals surface area contributed by atoms with E-state index in [4.69, 9.17) is 5.73 Å². The molecule has 0 spiro atoms. The summed E-state index contributed by atoms with van der Waals surface area (Å²) < 4.78 is 40.2. The first-order valence-corrected chi connectivity index (χ1v) is 7.63. The first-order valence-electron chi connectivity index (χ1n) is 6.15. The molecule has 0 bridgehead atoms. The minimum atomic E-state index is -3.94. The summed E-state index contributed by atoms with van der Waals surface area (Å²) in [4.78, 5) is 1.56. The van der Waals surface area contributed by atoms with E-state index in [1.54, 1.807) is 18.2 Å². The minimum absolute atomic E-state index is 0.00679. The Bertz CT molecular complexity index is 761. The second-order valence-corrected chi connectivity index (χ2v) is 6.38. The van der Waals surface area contributed by atoms with Crippen LogP contribution in [0.2, 0.25) is 0 Å². The van der Waals surface area contributed by atoms with Crippen LogP contribution in [0.1, 0.15) is 0 Å². The van der Waals surface area contributed by atoms with E-state index in [-0.39, 0.29) is 10.6 Å². The Morgan fingerprint density at radius 3 is 2.52 bits per heavy atom. The summed E-state index contributed by atoms with van der Waals surface area (Å²) in [6.07, 6.45) is 0. The number of hydrogen-bond donors (Lipinski definition) is 2. The summed E-state index contributed by atoms with van der Waals surface area (Å²) in [5.41, 5.74) is 6.82. The van der Waals surface area contributed by atoms with Crippen molar-refractivity contribution in [1.82, 2.24) is 0 Å². The number of benzene rings is 2. The van der Waals surface area contributed by atoms with Crippen molar-refractivity contribution in [3.8, 4) is 0 Å². The van der Waals surface area contributed by atoms with Gasteiger partial charge in [0.05, 0.1) is 11.4 Å². The van der Waals surface area contributed by atoms with Gasteiger partial charge >= 0.3 is 0 Å². The Morgan fingerprint density at radius 2 is 1.86 bits per heavy atom. The van der Waals surface area contributed by atoms with E-state index in [0.29, 0.717) is 5.69 Å². The Balaban J connectivity index is 2.37. The van der Waals surface area contributed by atoms with Gasteiger partial charge in [-0.2, -0.15) is 0 Å². The Kier molecular flexibility index (Phi) is 4.04. The predicted octanol–water partition coefficient (Wildman–Crippen LogP) is 2.27. The maximum absolute atomic E-state index is 13.2. The van der Waals surface area contributed by atoms with Crippen molar-refractivity contribution in [2.24, 2.45) is 0 Å². The molecule has 0 aromatic heterocycles. The molecular weight excluding hydrogens is 293 g/mol. The van der Waals surface area contributed by atoms with E-state index in [1.807, 2.05) is 25.1 Å². The van der Waals surface area contributed by atoms with Crippen molar-refractivity contribution in [1.29, 1.82) is 0 Å². The van der Waals surface area contributed by atoms with Crippen LogP contribution in [0, 0.1) is 5.82 Å². The fraction of sp³-hybridized carbons (Fsp3) is 0.143. The van der Waals surface area contributed by atoms with Crippen LogP contribution in [0.15, 0.2) is 47.4 Å². The number of sulfonamides is 1. The Labute approximate surface area is 123 Å². The van der Waals surface area contributed by atoms with Crippen LogP contribution in [0.25, 0.3) is 0 Å². The van der Waals surface area contributed by atoms with Crippen LogP contribution in [-0.2, 0) is 10.0 Å². The zero-order valence-electron chi connectivity index (χ0n) is 11.7. The van der Waals surface area contributed by atoms with Gasteiger partial charge in [0, 0.05) is 19.8 Å². The van der Waals surface area contributed by atoms with E-state index < -0.39 is 15.8 Å². The van der Waals surface area contributed by atoms with Gasteiger partial charge in [0.25, 0.3) is 10.0 Å². The fourth-order valence-corrected chi connectivity index (χ4v) is 2.99. The molecule has 0 saturated heterocycles. The molecule has 0 aliphatic rings. The van der Waals surface area contributed by atoms with Gasteiger partial charge in [0.1, 0.15) is 10.7 Å². The monoisotopic (exact) mass is 309 g/mol. The van der Waals surface area contributed by atoms with Gasteiger partial charge in [-0.25, -0.2) is 12.8 Å². The molecule has 2 aromatic rings. The van der Waals surface area contributed by atoms with E-state index in [9.17, 15) is 12.8 Å². The molecule has 21 heavy (non-hydrogen) atoms. The maximum atomic E-state index is 13.2. The normalized spacial score (nSPS) is 11.2. The molecule has 3 N–H and O–H groups in total. The standard InChI is InChI=1S/C14H16FN3O2S/c1-18(2)12-5-3-4-11(9-12)17-21(19,20)14-8-10(15)6-7-13(14)16/h3-9,17H,16H2,1-2H3. The third-order valence-corrected chi connectivity index (χ3v) is 4.32. The molecule has 112 valence electrons. The second-order valence-electron chi connectivity index (χ2n) is 4.73. The van der Waals surface area contributed by atoms with Crippen LogP contribution in [0.3, 0.4) is 0 Å². The van der Waals surface area contributed by atoms with Crippen molar-refractivity contribution in [3.63, 3.8) is 0 Å². The maximum Gasteiger partial charge on any atom is 0.264 e. The molecule has 0 saturated carbocycles. The summed E-state index contributed by atoms with van der Waals surface area (Å²) in [6.45, 7) is 0. The predicted molar refractivity (Wildman–Crippen MR) is 82.4 cm³/mol. The lowest BCUT2D eigenvalue weighted by molar-refractivity contribution is 0.596. The number of anilines is 3. The van der Waals surface area contributed by atoms with Crippen molar-refractivity contribution >= 4 is 27.1 Å². The lowest BCUT2D eigenvalue weighted by Crippen LogP contribution is -2.16. The van der Waals surface area contributed by atoms with E-state index >= 15 is 0 Å². The van der Waals surface area contributed by atoms with Crippen LogP contribution in [-0.4, -0.2) is 22.5 Å². The summed E-state index contributed by atoms with van der Waals surface area (Å²) >= 11 is 0. The van der Waals surface area contributed by atoms with Crippen LogP contribution in [0.5, 0.6) is 0 Å². The Hall–Kier alpha value is -2.28. The fourth-order valence-electron chi connectivity index (χ4n) is 1.80. The molecule has 0 fully saturated rings. The zero-order valence-corrected chi connectivity index (χ0v) is 12.5. The van der Waals surface area contributed by atoms with Gasteiger partial charge in [-0.3, -0.25) is 4.72 Å². The van der Waals surface area contributed by atoms with Crippen molar-refractivity contribution in [2.75, 3.05) is 29.5 Å². The lowest BCUT2D eigenvalue weighted by atomic mass is 10.3. The number of nitrogen functional groups attached to an aromatic ring is 1. The molecule has 5 nitrogen and oxygen atoms in total. The first kappa shape index (κ1) is 15.1. The highest BCUT2D eigenvalue weighted by atomic mass is 32.2. The average Bonchev–Trinajstić information content (AvgIpc) is 2.41. The smallest absolute Gasteiger partial charge is 0.264 e. The summed E-state index contributed by atoms with van der Waals surface area (Å²) in [6, 6.07) is 10.1. The molecule has 7 heteroatoms. The van der Waals surface area contributed by atoms with Crippen molar-refractivity contribution in [2.45, 2.75) is 4.90 Å². The molecule has 2 rings (SSSR count). The highest BCUT2D eigenvalue weighted by Gasteiger charge is 2.18. The number of nitrogens with zero attached hydrogens (tertiary/aromatic N) is 1. The molecule has 0 amide bonds. The van der Waals surface area contributed by atoms with Crippen molar-refractivity contribution < 1.29 is 12.8 Å². The summed E-state index contributed by atoms with van der Waals surface area (Å²) in [5, 5.41) is 0. The largest absolute Gasteiger partial charge is 0.398 e. The number of nitrogens with one attached hydrogen (secondary N) is 1. The topological polar surface area (TPSA) is 75.4 Å². The molecule has 0 aliphatic carbocycles. The molecule has 2 aromatic carbocycles. The molecular formula is C14H16FN3O2S. The van der Waals surface area contributed by atoms with Crippen LogP contribution in [0.4, 0.5) is 21.5 Å². The zero-order chi connectivity index (χ0) is 15.6. The minimum Gasteiger partial charge on any atom is -0.398 e. The van der Waals surface area contributed by atoms with Gasteiger partial charge in [0.2, 0.25) is 0 Å². The van der Waals surface area contributed by atoms with Crippen molar-refractivity contribution in [3.05, 3.63) is 48.3 Å². The number of nitrogens with two attached hydrogens (primary N) is 1. The quantitative estimate of drug-likeness (QED) is 0.850. The molecule has 0 unspecified atom stereocenters. The number of rotatable bonds is 4. The molecule has 0 radical (unpaired) electrons. The van der Waals surface area contributed by atoms with Gasteiger partial charge in [-0.1, -0.05) is 6.07 Å². The Morgan fingerprint density at radius 1 is 1.14 bits per heavy atom. The summed E-state index contributed by atoms with van der Waals surface area (Å²) in [7, 11) is -0.252. The highest BCUT2D eigenvalue weighted by molar-refractivity contribution is 7.92. The second kappa shape index (κ2) is 5.61. The third kappa shape index (κ3) is 3.43. The van der Waals surface area contributed by atoms with E-state index in [0.717, 1.165) is 17.8 Å². The number of halogens is 1. The summed E-state index contributed by atoms with van der Waals surface area (Å²) in [5.74, 6) is -0.661. The molecule has 0 aliphatic heterocycles. The van der Waals surface area contributed by atoms with Gasteiger partial charge in [0.15, 0.2) is 0 Å².